The number of carbonyl (C=O) groups excluding carboxylic acids is 2. The first-order valence-electron chi connectivity index (χ1n) is 9.16. The lowest BCUT2D eigenvalue weighted by Crippen LogP contribution is -2.28. The highest BCUT2D eigenvalue weighted by molar-refractivity contribution is 6.08. The summed E-state index contributed by atoms with van der Waals surface area (Å²) in [6, 6.07) is 17.3. The van der Waals surface area contributed by atoms with E-state index in [9.17, 15) is 9.59 Å². The lowest BCUT2D eigenvalue weighted by molar-refractivity contribution is -0.116. The lowest BCUT2D eigenvalue weighted by atomic mass is 9.85. The molecule has 5 heteroatoms. The molecule has 1 unspecified atom stereocenters. The summed E-state index contributed by atoms with van der Waals surface area (Å²) in [4.78, 5) is 25.5. The number of Topliss-reactive ketones (excluding diaryl/α,β-unsaturated/α-hetero) is 1. The number of benzene rings is 2. The summed E-state index contributed by atoms with van der Waals surface area (Å²) in [5.41, 5.74) is 4.23. The second kappa shape index (κ2) is 6.83. The summed E-state index contributed by atoms with van der Waals surface area (Å²) in [6.45, 7) is 3.96. The molecule has 1 N–H and O–H groups in total. The van der Waals surface area contributed by atoms with Crippen molar-refractivity contribution in [2.24, 2.45) is 0 Å². The van der Waals surface area contributed by atoms with Gasteiger partial charge < -0.3 is 5.32 Å². The fraction of sp³-hybridized carbons (Fsp3) is 0.227. The van der Waals surface area contributed by atoms with Crippen LogP contribution in [0.2, 0.25) is 0 Å². The maximum Gasteiger partial charge on any atom is 0.226 e. The molecule has 0 bridgehead atoms. The van der Waals surface area contributed by atoms with E-state index < -0.39 is 5.92 Å². The molecule has 1 aliphatic rings. The SMILES string of the molecule is CCc1ccc(C(=O)C2CC(=O)Nc3c2c(C)nn3-c2ccccc2)cc1. The second-order valence-electron chi connectivity index (χ2n) is 6.81. The van der Waals surface area contributed by atoms with Crippen LogP contribution in [-0.4, -0.2) is 21.5 Å². The normalized spacial score (nSPS) is 15.9. The summed E-state index contributed by atoms with van der Waals surface area (Å²) in [5.74, 6) is -0.121. The molecule has 27 heavy (non-hydrogen) atoms. The standard InChI is InChI=1S/C22H21N3O2/c1-3-15-9-11-16(12-10-15)21(27)18-13-19(26)23-22-20(18)14(2)24-25(22)17-7-5-4-6-8-17/h4-12,18H,3,13H2,1-2H3,(H,23,26). The van der Waals surface area contributed by atoms with E-state index in [0.717, 1.165) is 23.4 Å². The number of nitrogens with zero attached hydrogens (tertiary/aromatic N) is 2. The molecule has 2 heterocycles. The maximum absolute atomic E-state index is 13.2. The Morgan fingerprint density at radius 3 is 2.52 bits per heavy atom. The summed E-state index contributed by atoms with van der Waals surface area (Å²) < 4.78 is 1.71. The third-order valence-electron chi connectivity index (χ3n) is 5.07. The van der Waals surface area contributed by atoms with E-state index in [1.807, 2.05) is 61.5 Å². The molecule has 0 saturated carbocycles. The van der Waals surface area contributed by atoms with Crippen molar-refractivity contribution in [3.05, 3.63) is 77.0 Å². The zero-order valence-corrected chi connectivity index (χ0v) is 15.4. The van der Waals surface area contributed by atoms with Crippen molar-refractivity contribution in [3.8, 4) is 5.69 Å². The molecule has 3 aromatic rings. The molecular formula is C22H21N3O2. The van der Waals surface area contributed by atoms with Crippen molar-refractivity contribution >= 4 is 17.5 Å². The van der Waals surface area contributed by atoms with Gasteiger partial charge in [0.25, 0.3) is 0 Å². The maximum atomic E-state index is 13.2. The Balaban J connectivity index is 1.78. The highest BCUT2D eigenvalue weighted by atomic mass is 16.2. The fourth-order valence-electron chi connectivity index (χ4n) is 3.63. The van der Waals surface area contributed by atoms with Crippen LogP contribution in [0.15, 0.2) is 54.6 Å². The van der Waals surface area contributed by atoms with E-state index in [0.29, 0.717) is 11.4 Å². The van der Waals surface area contributed by atoms with Crippen molar-refractivity contribution in [3.63, 3.8) is 0 Å². The Bertz CT molecular complexity index is 1000. The van der Waals surface area contributed by atoms with Gasteiger partial charge >= 0.3 is 0 Å². The van der Waals surface area contributed by atoms with E-state index in [-0.39, 0.29) is 18.1 Å². The molecule has 0 fully saturated rings. The van der Waals surface area contributed by atoms with Gasteiger partial charge in [0.15, 0.2) is 5.78 Å². The van der Waals surface area contributed by atoms with E-state index >= 15 is 0 Å². The van der Waals surface area contributed by atoms with Crippen molar-refractivity contribution in [2.45, 2.75) is 32.6 Å². The molecule has 1 amide bonds. The monoisotopic (exact) mass is 359 g/mol. The molecule has 0 radical (unpaired) electrons. The van der Waals surface area contributed by atoms with E-state index in [2.05, 4.69) is 17.3 Å². The number of carbonyl (C=O) groups is 2. The molecule has 1 aliphatic heterocycles. The van der Waals surface area contributed by atoms with Crippen LogP contribution in [0.4, 0.5) is 5.82 Å². The number of para-hydroxylation sites is 1. The smallest absolute Gasteiger partial charge is 0.226 e. The topological polar surface area (TPSA) is 64.0 Å². The Morgan fingerprint density at radius 1 is 1.15 bits per heavy atom. The van der Waals surface area contributed by atoms with Crippen LogP contribution >= 0.6 is 0 Å². The van der Waals surface area contributed by atoms with Gasteiger partial charge in [-0.2, -0.15) is 5.10 Å². The van der Waals surface area contributed by atoms with Gasteiger partial charge in [-0.15, -0.1) is 0 Å². The third kappa shape index (κ3) is 3.05. The molecule has 5 nitrogen and oxygen atoms in total. The molecule has 2 aromatic carbocycles. The molecular weight excluding hydrogens is 338 g/mol. The Hall–Kier alpha value is -3.21. The van der Waals surface area contributed by atoms with Gasteiger partial charge in [-0.25, -0.2) is 4.68 Å². The van der Waals surface area contributed by atoms with E-state index in [4.69, 9.17) is 0 Å². The van der Waals surface area contributed by atoms with Crippen LogP contribution in [0.3, 0.4) is 0 Å². The summed E-state index contributed by atoms with van der Waals surface area (Å²) in [5, 5.41) is 7.51. The summed E-state index contributed by atoms with van der Waals surface area (Å²) in [7, 11) is 0. The Labute approximate surface area is 158 Å². The highest BCUT2D eigenvalue weighted by Crippen LogP contribution is 2.38. The predicted molar refractivity (Wildman–Crippen MR) is 104 cm³/mol. The molecule has 1 aromatic heterocycles. The van der Waals surface area contributed by atoms with Gasteiger partial charge in [0.1, 0.15) is 5.82 Å². The average molecular weight is 359 g/mol. The van der Waals surface area contributed by atoms with Gasteiger partial charge in [-0.3, -0.25) is 9.59 Å². The largest absolute Gasteiger partial charge is 0.310 e. The van der Waals surface area contributed by atoms with Crippen molar-refractivity contribution < 1.29 is 9.59 Å². The predicted octanol–water partition coefficient (Wildman–Crippen LogP) is 4.05. The van der Waals surface area contributed by atoms with Gasteiger partial charge in [0.05, 0.1) is 17.3 Å². The van der Waals surface area contributed by atoms with Crippen LogP contribution < -0.4 is 5.32 Å². The minimum Gasteiger partial charge on any atom is -0.310 e. The third-order valence-corrected chi connectivity index (χ3v) is 5.07. The summed E-state index contributed by atoms with van der Waals surface area (Å²) in [6.07, 6.45) is 1.07. The van der Waals surface area contributed by atoms with Gasteiger partial charge in [-0.05, 0) is 31.0 Å². The van der Waals surface area contributed by atoms with Crippen LogP contribution in [0.1, 0.15) is 46.4 Å². The van der Waals surface area contributed by atoms with Crippen LogP contribution in [0.25, 0.3) is 5.69 Å². The number of ketones is 1. The first-order chi connectivity index (χ1) is 13.1. The number of hydrogen-bond acceptors (Lipinski definition) is 3. The number of aryl methyl sites for hydroxylation is 2. The first kappa shape index (κ1) is 17.2. The van der Waals surface area contributed by atoms with E-state index in [1.165, 1.54) is 5.56 Å². The number of fused-ring (bicyclic) bond motifs is 1. The Kier molecular flexibility index (Phi) is 4.36. The van der Waals surface area contributed by atoms with Crippen LogP contribution in [0.5, 0.6) is 0 Å². The molecule has 136 valence electrons. The number of anilines is 1. The summed E-state index contributed by atoms with van der Waals surface area (Å²) >= 11 is 0. The van der Waals surface area contributed by atoms with Gasteiger partial charge in [0, 0.05) is 17.5 Å². The highest BCUT2D eigenvalue weighted by Gasteiger charge is 2.36. The lowest BCUT2D eigenvalue weighted by Gasteiger charge is -2.23. The van der Waals surface area contributed by atoms with Gasteiger partial charge in [0.2, 0.25) is 5.91 Å². The van der Waals surface area contributed by atoms with Crippen molar-refractivity contribution in [1.29, 1.82) is 0 Å². The molecule has 4 rings (SSSR count). The minimum absolute atomic E-state index is 0.0375. The zero-order chi connectivity index (χ0) is 19.0. The van der Waals surface area contributed by atoms with Crippen LogP contribution in [0, 0.1) is 6.92 Å². The van der Waals surface area contributed by atoms with Crippen molar-refractivity contribution in [2.75, 3.05) is 5.32 Å². The number of aromatic nitrogens is 2. The zero-order valence-electron chi connectivity index (χ0n) is 15.4. The molecule has 0 spiro atoms. The molecule has 1 atom stereocenters. The first-order valence-corrected chi connectivity index (χ1v) is 9.16. The number of rotatable bonds is 4. The second-order valence-corrected chi connectivity index (χ2v) is 6.81. The van der Waals surface area contributed by atoms with E-state index in [1.54, 1.807) is 4.68 Å². The quantitative estimate of drug-likeness (QED) is 0.715. The van der Waals surface area contributed by atoms with Crippen LogP contribution in [-0.2, 0) is 11.2 Å². The van der Waals surface area contributed by atoms with Crippen molar-refractivity contribution in [1.82, 2.24) is 9.78 Å². The molecule has 0 saturated heterocycles. The average Bonchev–Trinajstić information content (AvgIpc) is 3.04. The fourth-order valence-corrected chi connectivity index (χ4v) is 3.63. The number of amides is 1. The Morgan fingerprint density at radius 2 is 1.85 bits per heavy atom. The number of hydrogen-bond donors (Lipinski definition) is 1. The van der Waals surface area contributed by atoms with Gasteiger partial charge in [-0.1, -0.05) is 49.4 Å². The minimum atomic E-state index is -0.515. The number of nitrogens with one attached hydrogen (secondary N) is 1. The molecule has 0 aliphatic carbocycles.